The van der Waals surface area contributed by atoms with Gasteiger partial charge in [0.05, 0.1) is 0 Å². The molecule has 0 rings (SSSR count). The second-order valence-electron chi connectivity index (χ2n) is 2.67. The molecule has 0 unspecified atom stereocenters. The molecule has 9 heavy (non-hydrogen) atoms. The van der Waals surface area contributed by atoms with Crippen molar-refractivity contribution in [1.82, 2.24) is 0 Å². The minimum Gasteiger partial charge on any atom is -0.274 e. The number of carbonyl (C=O) groups excluding carboxylic acids is 1. The van der Waals surface area contributed by atoms with E-state index < -0.39 is 0 Å². The summed E-state index contributed by atoms with van der Waals surface area (Å²) in [4.78, 5) is 10.8. The molecule has 0 aromatic carbocycles. The van der Waals surface area contributed by atoms with Crippen LogP contribution in [0.15, 0.2) is 0 Å². The highest BCUT2D eigenvalue weighted by Gasteiger charge is 2.15. The average Bonchev–Trinajstić information content (AvgIpc) is 1.62. The highest BCUT2D eigenvalue weighted by Crippen LogP contribution is 2.28. The molecule has 0 atom stereocenters. The van der Waals surface area contributed by atoms with Crippen molar-refractivity contribution in [2.24, 2.45) is 0 Å². The molecule has 0 amide bonds. The van der Waals surface area contributed by atoms with Crippen LogP contribution in [-0.2, 0) is 0 Å². The molecule has 54 valence electrons. The van der Waals surface area contributed by atoms with Gasteiger partial charge in [-0.2, -0.15) is 0 Å². The van der Waals surface area contributed by atoms with E-state index in [1.165, 1.54) is 23.5 Å². The lowest BCUT2D eigenvalue weighted by atomic mass is 10.3. The van der Waals surface area contributed by atoms with Crippen LogP contribution in [-0.4, -0.2) is 15.5 Å². The van der Waals surface area contributed by atoms with Gasteiger partial charge in [0.1, 0.15) is 0 Å². The van der Waals surface area contributed by atoms with E-state index in [2.05, 4.69) is 0 Å². The van der Waals surface area contributed by atoms with Crippen molar-refractivity contribution in [2.45, 2.75) is 25.5 Å². The van der Waals surface area contributed by atoms with E-state index >= 15 is 0 Å². The van der Waals surface area contributed by atoms with E-state index in [1.54, 1.807) is 6.26 Å². The molecule has 0 aromatic heterocycles. The first kappa shape index (κ1) is 9.37. The molecule has 0 aliphatic carbocycles. The monoisotopic (exact) mass is 164 g/mol. The second kappa shape index (κ2) is 3.52. The molecule has 0 radical (unpaired) electrons. The maximum atomic E-state index is 10.8. The third kappa shape index (κ3) is 6.25. The van der Waals surface area contributed by atoms with Crippen molar-refractivity contribution in [3.05, 3.63) is 0 Å². The van der Waals surface area contributed by atoms with Crippen molar-refractivity contribution >= 4 is 28.0 Å². The van der Waals surface area contributed by atoms with Gasteiger partial charge in [-0.1, -0.05) is 44.3 Å². The van der Waals surface area contributed by atoms with Gasteiger partial charge < -0.3 is 0 Å². The molecule has 0 aliphatic heterocycles. The molecular weight excluding hydrogens is 152 g/mol. The third-order valence-corrected chi connectivity index (χ3v) is 2.42. The van der Waals surface area contributed by atoms with Gasteiger partial charge in [-0.25, -0.2) is 0 Å². The van der Waals surface area contributed by atoms with Gasteiger partial charge in [0.2, 0.25) is 4.45 Å². The minimum atomic E-state index is 0.0695. The number of rotatable bonds is 0. The van der Waals surface area contributed by atoms with Crippen LogP contribution in [0.3, 0.4) is 0 Å². The Morgan fingerprint density at radius 1 is 1.33 bits per heavy atom. The number of carbonyl (C=O) groups is 1. The molecule has 0 heterocycles. The second-order valence-corrected chi connectivity index (χ2v) is 5.51. The normalized spacial score (nSPS) is 11.6. The highest BCUT2D eigenvalue weighted by molar-refractivity contribution is 8.38. The first-order valence-electron chi connectivity index (χ1n) is 2.72. The van der Waals surface area contributed by atoms with E-state index in [1.807, 2.05) is 20.8 Å². The summed E-state index contributed by atoms with van der Waals surface area (Å²) in [6, 6.07) is 0. The van der Waals surface area contributed by atoms with Crippen LogP contribution in [0.1, 0.15) is 20.8 Å². The zero-order valence-corrected chi connectivity index (χ0v) is 7.86. The van der Waals surface area contributed by atoms with Crippen LogP contribution in [0.2, 0.25) is 0 Å². The van der Waals surface area contributed by atoms with Gasteiger partial charge in [-0.3, -0.25) is 4.79 Å². The van der Waals surface area contributed by atoms with Crippen LogP contribution >= 0.6 is 23.5 Å². The summed E-state index contributed by atoms with van der Waals surface area (Å²) >= 11 is 2.66. The lowest BCUT2D eigenvalue weighted by molar-refractivity contribution is 0.276. The van der Waals surface area contributed by atoms with Gasteiger partial charge in [0, 0.05) is 4.75 Å². The molecule has 0 saturated carbocycles. The third-order valence-electron chi connectivity index (χ3n) is 0.556. The zero-order valence-electron chi connectivity index (χ0n) is 6.22. The molecule has 0 bridgehead atoms. The Labute approximate surface area is 65.0 Å². The fourth-order valence-electron chi connectivity index (χ4n) is 0.292. The SMILES string of the molecule is CSC(=O)SC(C)(C)C. The molecule has 0 N–H and O–H groups in total. The quantitative estimate of drug-likeness (QED) is 0.548. The Bertz CT molecular complexity index is 104. The van der Waals surface area contributed by atoms with Crippen molar-refractivity contribution in [3.63, 3.8) is 0 Å². The van der Waals surface area contributed by atoms with Crippen LogP contribution in [0.4, 0.5) is 4.79 Å². The maximum Gasteiger partial charge on any atom is 0.246 e. The van der Waals surface area contributed by atoms with Gasteiger partial charge >= 0.3 is 0 Å². The summed E-state index contributed by atoms with van der Waals surface area (Å²) < 4.78 is 0.266. The van der Waals surface area contributed by atoms with Crippen molar-refractivity contribution in [3.8, 4) is 0 Å². The molecule has 0 aromatic rings. The largest absolute Gasteiger partial charge is 0.274 e. The summed E-state index contributed by atoms with van der Waals surface area (Å²) in [6.07, 6.45) is 1.81. The molecule has 0 aliphatic rings. The predicted molar refractivity (Wildman–Crippen MR) is 46.3 cm³/mol. The smallest absolute Gasteiger partial charge is 0.246 e. The standard InChI is InChI=1S/C6H12OS2/c1-6(2,3)9-5(7)8-4/h1-4H3. The van der Waals surface area contributed by atoms with E-state index in [0.717, 1.165) is 0 Å². The minimum absolute atomic E-state index is 0.0695. The van der Waals surface area contributed by atoms with Crippen LogP contribution in [0.5, 0.6) is 0 Å². The van der Waals surface area contributed by atoms with Crippen LogP contribution < -0.4 is 0 Å². The average molecular weight is 164 g/mol. The molecule has 3 heteroatoms. The van der Waals surface area contributed by atoms with Gasteiger partial charge in [-0.15, -0.1) is 0 Å². The molecular formula is C6H12OS2. The Kier molecular flexibility index (Phi) is 3.66. The van der Waals surface area contributed by atoms with E-state index in [0.29, 0.717) is 0 Å². The summed E-state index contributed by atoms with van der Waals surface area (Å²) in [7, 11) is 0. The Morgan fingerprint density at radius 2 is 1.78 bits per heavy atom. The lowest BCUT2D eigenvalue weighted by Crippen LogP contribution is -2.08. The van der Waals surface area contributed by atoms with Crippen molar-refractivity contribution < 1.29 is 4.79 Å². The summed E-state index contributed by atoms with van der Waals surface area (Å²) in [5, 5.41) is 0. The topological polar surface area (TPSA) is 17.1 Å². The van der Waals surface area contributed by atoms with E-state index in [-0.39, 0.29) is 9.19 Å². The van der Waals surface area contributed by atoms with E-state index in [9.17, 15) is 4.79 Å². The summed E-state index contributed by atoms with van der Waals surface area (Å²) in [6.45, 7) is 6.10. The van der Waals surface area contributed by atoms with Gasteiger partial charge in [0.15, 0.2) is 0 Å². The molecule has 0 fully saturated rings. The maximum absolute atomic E-state index is 10.8. The number of hydrogen-bond acceptors (Lipinski definition) is 3. The number of hydrogen-bond donors (Lipinski definition) is 0. The van der Waals surface area contributed by atoms with Crippen molar-refractivity contribution in [1.29, 1.82) is 0 Å². The Hall–Kier alpha value is 0.370. The fourth-order valence-corrected chi connectivity index (χ4v) is 1.87. The first-order chi connectivity index (χ1) is 3.95. The zero-order chi connectivity index (χ0) is 7.49. The van der Waals surface area contributed by atoms with Gasteiger partial charge in [0.25, 0.3) is 0 Å². The van der Waals surface area contributed by atoms with Crippen LogP contribution in [0.25, 0.3) is 0 Å². The Balaban J connectivity index is 3.60. The highest BCUT2D eigenvalue weighted by atomic mass is 32.2. The predicted octanol–water partition coefficient (Wildman–Crippen LogP) is 3.00. The molecule has 1 nitrogen and oxygen atoms in total. The molecule has 0 saturated heterocycles. The van der Waals surface area contributed by atoms with Crippen molar-refractivity contribution in [2.75, 3.05) is 6.26 Å². The summed E-state index contributed by atoms with van der Waals surface area (Å²) in [5.74, 6) is 0. The lowest BCUT2D eigenvalue weighted by Gasteiger charge is -2.14. The Morgan fingerprint density at radius 3 is 1.89 bits per heavy atom. The molecule has 0 spiro atoms. The fraction of sp³-hybridized carbons (Fsp3) is 0.833. The number of thioether (sulfide) groups is 2. The summed E-state index contributed by atoms with van der Waals surface area (Å²) in [5.41, 5.74) is 0. The van der Waals surface area contributed by atoms with E-state index in [4.69, 9.17) is 0 Å². The first-order valence-corrected chi connectivity index (χ1v) is 4.77. The van der Waals surface area contributed by atoms with Gasteiger partial charge in [-0.05, 0) is 6.26 Å². The van der Waals surface area contributed by atoms with Crippen LogP contribution in [0, 0.1) is 0 Å².